The average Bonchev–Trinajstić information content (AvgIpc) is 3.16. The number of sulfonamides is 1. The van der Waals surface area contributed by atoms with Crippen LogP contribution in [-0.2, 0) is 20.4 Å². The number of rotatable bonds is 7. The monoisotopic (exact) mass is 435 g/mol. The Morgan fingerprint density at radius 2 is 1.90 bits per heavy atom. The molecule has 0 radical (unpaired) electrons. The molecule has 0 saturated heterocycles. The lowest BCUT2D eigenvalue weighted by molar-refractivity contribution is 0.0599. The predicted octanol–water partition coefficient (Wildman–Crippen LogP) is 2.88. The molecule has 1 atom stereocenters. The fourth-order valence-electron chi connectivity index (χ4n) is 2.78. The highest BCUT2D eigenvalue weighted by Crippen LogP contribution is 2.33. The van der Waals surface area contributed by atoms with E-state index in [1.165, 1.54) is 43.8 Å². The van der Waals surface area contributed by atoms with Crippen molar-refractivity contribution in [2.45, 2.75) is 17.4 Å². The molecule has 0 spiro atoms. The largest absolute Gasteiger partial charge is 0.495 e. The summed E-state index contributed by atoms with van der Waals surface area (Å²) in [5.74, 6) is -0.590. The van der Waals surface area contributed by atoms with E-state index in [2.05, 4.69) is 9.46 Å². The molecule has 2 aromatic carbocycles. The number of nitrogens with one attached hydrogen (secondary N) is 1. The lowest BCUT2D eigenvalue weighted by Crippen LogP contribution is -2.38. The van der Waals surface area contributed by atoms with Crippen LogP contribution in [-0.4, -0.2) is 40.3 Å². The van der Waals surface area contributed by atoms with Crippen molar-refractivity contribution in [3.8, 4) is 5.75 Å². The lowest BCUT2D eigenvalue weighted by atomic mass is 10.1. The van der Waals surface area contributed by atoms with E-state index in [1.54, 1.807) is 6.92 Å². The summed E-state index contributed by atoms with van der Waals surface area (Å²) in [6.07, 6.45) is 0. The van der Waals surface area contributed by atoms with E-state index in [1.807, 2.05) is 30.3 Å². The Morgan fingerprint density at radius 1 is 1.17 bits per heavy atom. The third-order valence-corrected chi connectivity index (χ3v) is 7.23. The highest BCUT2D eigenvalue weighted by molar-refractivity contribution is 7.89. The molecule has 0 bridgehead atoms. The maximum Gasteiger partial charge on any atom is 0.337 e. The zero-order valence-corrected chi connectivity index (χ0v) is 17.8. The van der Waals surface area contributed by atoms with Gasteiger partial charge in [0, 0.05) is 16.1 Å². The van der Waals surface area contributed by atoms with Crippen molar-refractivity contribution in [1.82, 2.24) is 4.72 Å². The molecule has 0 aliphatic carbocycles. The van der Waals surface area contributed by atoms with Crippen molar-refractivity contribution >= 4 is 37.4 Å². The summed E-state index contributed by atoms with van der Waals surface area (Å²) in [6, 6.07) is 13.5. The molecule has 0 saturated carbocycles. The number of hydrogen-bond acceptors (Lipinski definition) is 7. The molecule has 2 N–H and O–H groups in total. The van der Waals surface area contributed by atoms with Crippen LogP contribution < -0.4 is 9.46 Å². The van der Waals surface area contributed by atoms with Gasteiger partial charge in [0.1, 0.15) is 16.2 Å². The summed E-state index contributed by atoms with van der Waals surface area (Å²) < 4.78 is 38.9. The van der Waals surface area contributed by atoms with Crippen LogP contribution >= 0.6 is 11.3 Å². The van der Waals surface area contributed by atoms with Gasteiger partial charge in [-0.2, -0.15) is 0 Å². The minimum absolute atomic E-state index is 0.0740. The Labute approximate surface area is 172 Å². The van der Waals surface area contributed by atoms with E-state index in [9.17, 15) is 18.3 Å². The SMILES string of the molecule is COC(=O)c1ccc(OC)c(S(=O)(=O)NC[C@@](C)(O)c2cc3ccccc3s2)c1. The first-order valence-electron chi connectivity index (χ1n) is 8.65. The third-order valence-electron chi connectivity index (χ3n) is 4.44. The first-order chi connectivity index (χ1) is 13.7. The number of thiophene rings is 1. The van der Waals surface area contributed by atoms with Crippen LogP contribution in [0.2, 0.25) is 0 Å². The van der Waals surface area contributed by atoms with Crippen LogP contribution in [0.1, 0.15) is 22.2 Å². The molecule has 154 valence electrons. The lowest BCUT2D eigenvalue weighted by Gasteiger charge is -2.22. The highest BCUT2D eigenvalue weighted by atomic mass is 32.2. The van der Waals surface area contributed by atoms with E-state index in [4.69, 9.17) is 4.74 Å². The fraction of sp³-hybridized carbons (Fsp3) is 0.250. The van der Waals surface area contributed by atoms with Gasteiger partial charge in [-0.25, -0.2) is 17.9 Å². The van der Waals surface area contributed by atoms with Gasteiger partial charge >= 0.3 is 5.97 Å². The summed E-state index contributed by atoms with van der Waals surface area (Å²) in [6.45, 7) is 1.29. The van der Waals surface area contributed by atoms with Gasteiger partial charge < -0.3 is 14.6 Å². The van der Waals surface area contributed by atoms with Gasteiger partial charge in [0.15, 0.2) is 0 Å². The number of aliphatic hydroxyl groups is 1. The van der Waals surface area contributed by atoms with Gasteiger partial charge in [-0.05, 0) is 42.6 Å². The second-order valence-corrected chi connectivity index (χ2v) is 9.42. The molecule has 7 nitrogen and oxygen atoms in total. The number of esters is 1. The molecule has 0 aliphatic heterocycles. The highest BCUT2D eigenvalue weighted by Gasteiger charge is 2.30. The van der Waals surface area contributed by atoms with Crippen molar-refractivity contribution in [2.75, 3.05) is 20.8 Å². The van der Waals surface area contributed by atoms with Crippen LogP contribution in [0.4, 0.5) is 0 Å². The molecule has 3 aromatic rings. The number of carbonyl (C=O) groups is 1. The van der Waals surface area contributed by atoms with Crippen LogP contribution in [0.3, 0.4) is 0 Å². The fourth-order valence-corrected chi connectivity index (χ4v) is 5.21. The minimum Gasteiger partial charge on any atom is -0.495 e. The van der Waals surface area contributed by atoms with E-state index in [0.29, 0.717) is 4.88 Å². The van der Waals surface area contributed by atoms with Gasteiger partial charge in [-0.1, -0.05) is 18.2 Å². The van der Waals surface area contributed by atoms with Crippen molar-refractivity contribution in [1.29, 1.82) is 0 Å². The molecule has 0 fully saturated rings. The Bertz CT molecular complexity index is 1120. The number of benzene rings is 2. The first-order valence-corrected chi connectivity index (χ1v) is 11.0. The van der Waals surface area contributed by atoms with Crippen molar-refractivity contribution in [3.05, 3.63) is 59.0 Å². The molecule has 0 unspecified atom stereocenters. The second-order valence-electron chi connectivity index (χ2n) is 6.60. The molecular formula is C20H21NO6S2. The van der Waals surface area contributed by atoms with E-state index < -0.39 is 21.6 Å². The van der Waals surface area contributed by atoms with E-state index >= 15 is 0 Å². The van der Waals surface area contributed by atoms with E-state index in [0.717, 1.165) is 10.1 Å². The minimum atomic E-state index is -4.08. The van der Waals surface area contributed by atoms with Crippen LogP contribution in [0.5, 0.6) is 5.75 Å². The Hall–Kier alpha value is -2.46. The number of fused-ring (bicyclic) bond motifs is 1. The standard InChI is InChI=1S/C20H21NO6S2/c1-20(23,18-11-13-6-4-5-7-16(13)28-18)12-21-29(24,25)17-10-14(19(22)27-3)8-9-15(17)26-2/h4-11,21,23H,12H2,1-3H3/t20-/m1/s1. The number of ether oxygens (including phenoxy) is 2. The Kier molecular flexibility index (Phi) is 5.95. The molecular weight excluding hydrogens is 414 g/mol. The van der Waals surface area contributed by atoms with Gasteiger partial charge in [0.05, 0.1) is 19.8 Å². The van der Waals surface area contributed by atoms with Crippen molar-refractivity contribution in [3.63, 3.8) is 0 Å². The van der Waals surface area contributed by atoms with Crippen molar-refractivity contribution < 1.29 is 27.8 Å². The summed E-state index contributed by atoms with van der Waals surface area (Å²) in [4.78, 5) is 12.2. The predicted molar refractivity (Wildman–Crippen MR) is 111 cm³/mol. The summed E-state index contributed by atoms with van der Waals surface area (Å²) in [5.41, 5.74) is -1.35. The zero-order chi connectivity index (χ0) is 21.2. The van der Waals surface area contributed by atoms with E-state index in [-0.39, 0.29) is 22.8 Å². The maximum absolute atomic E-state index is 12.9. The van der Waals surface area contributed by atoms with Gasteiger partial charge in [0.25, 0.3) is 0 Å². The molecule has 1 aromatic heterocycles. The molecule has 0 amide bonds. The van der Waals surface area contributed by atoms with Gasteiger partial charge in [-0.3, -0.25) is 0 Å². The molecule has 3 rings (SSSR count). The molecule has 29 heavy (non-hydrogen) atoms. The van der Waals surface area contributed by atoms with Crippen LogP contribution in [0, 0.1) is 0 Å². The number of hydrogen-bond donors (Lipinski definition) is 2. The second kappa shape index (κ2) is 8.11. The summed E-state index contributed by atoms with van der Waals surface area (Å²) >= 11 is 1.40. The van der Waals surface area contributed by atoms with Crippen LogP contribution in [0.25, 0.3) is 10.1 Å². The third kappa shape index (κ3) is 4.43. The average molecular weight is 436 g/mol. The van der Waals surface area contributed by atoms with Crippen molar-refractivity contribution in [2.24, 2.45) is 0 Å². The smallest absolute Gasteiger partial charge is 0.337 e. The summed E-state index contributed by atoms with van der Waals surface area (Å²) in [5, 5.41) is 11.9. The van der Waals surface area contributed by atoms with Crippen LogP contribution in [0.15, 0.2) is 53.4 Å². The molecule has 1 heterocycles. The van der Waals surface area contributed by atoms with Gasteiger partial charge in [-0.15, -0.1) is 11.3 Å². The zero-order valence-electron chi connectivity index (χ0n) is 16.1. The number of carbonyl (C=O) groups excluding carboxylic acids is 1. The Morgan fingerprint density at radius 3 is 2.55 bits per heavy atom. The maximum atomic E-state index is 12.9. The molecule has 0 aliphatic rings. The summed E-state index contributed by atoms with van der Waals surface area (Å²) in [7, 11) is -1.53. The quantitative estimate of drug-likeness (QED) is 0.554. The topological polar surface area (TPSA) is 102 Å². The normalized spacial score (nSPS) is 13.8. The molecule has 9 heteroatoms. The first kappa shape index (κ1) is 21.3. The van der Waals surface area contributed by atoms with Gasteiger partial charge in [0.2, 0.25) is 10.0 Å². The Balaban J connectivity index is 1.88. The number of methoxy groups -OCH3 is 2.